The molecule has 6 heteroatoms. The molecule has 1 N–H and O–H groups in total. The van der Waals surface area contributed by atoms with Gasteiger partial charge in [0.2, 0.25) is 11.8 Å². The van der Waals surface area contributed by atoms with Gasteiger partial charge in [-0.05, 0) is 45.0 Å². The molecule has 0 aliphatic carbocycles. The van der Waals surface area contributed by atoms with Crippen LogP contribution in [0.1, 0.15) is 56.6 Å². The van der Waals surface area contributed by atoms with E-state index in [4.69, 9.17) is 4.52 Å². The van der Waals surface area contributed by atoms with Crippen molar-refractivity contribution < 1.29 is 9.32 Å². The highest BCUT2D eigenvalue weighted by Crippen LogP contribution is 2.23. The van der Waals surface area contributed by atoms with Crippen molar-refractivity contribution in [1.82, 2.24) is 15.0 Å². The molecule has 0 radical (unpaired) electrons. The second kappa shape index (κ2) is 7.35. The summed E-state index contributed by atoms with van der Waals surface area (Å²) in [6.45, 7) is 12.3. The molecule has 1 aromatic heterocycles. The number of benzene rings is 1. The lowest BCUT2D eigenvalue weighted by Gasteiger charge is -2.21. The largest absolute Gasteiger partial charge is 0.338 e. The Bertz CT molecular complexity index is 746. The third-order valence-electron chi connectivity index (χ3n) is 4.40. The number of carbonyl (C=O) groups excluding carboxylic acids is 1. The van der Waals surface area contributed by atoms with Crippen LogP contribution in [0, 0.1) is 13.8 Å². The predicted octanol–water partition coefficient (Wildman–Crippen LogP) is 3.62. The Balaban J connectivity index is 2.00. The molecule has 6 nitrogen and oxygen atoms in total. The van der Waals surface area contributed by atoms with Gasteiger partial charge in [-0.1, -0.05) is 38.1 Å². The molecule has 1 aromatic carbocycles. The molecular weight excluding hydrogens is 316 g/mol. The standard InChI is InChI=1S/C19H28N4O2/c1-12-9-8-10-15(13(12)2)20-16(24)11-23(7)14(3)17-21-18(22-25-17)19(4,5)6/h8-10,14H,11H2,1-7H3,(H,20,24)/t14-/m0/s1. The number of carbonyl (C=O) groups is 1. The maximum atomic E-state index is 12.4. The summed E-state index contributed by atoms with van der Waals surface area (Å²) in [7, 11) is 1.87. The first-order valence-electron chi connectivity index (χ1n) is 8.50. The molecule has 136 valence electrons. The lowest BCUT2D eigenvalue weighted by atomic mass is 9.96. The summed E-state index contributed by atoms with van der Waals surface area (Å²) in [4.78, 5) is 18.7. The highest BCUT2D eigenvalue weighted by atomic mass is 16.5. The first kappa shape index (κ1) is 19.1. The summed E-state index contributed by atoms with van der Waals surface area (Å²) in [5, 5.41) is 7.02. The molecule has 0 spiro atoms. The van der Waals surface area contributed by atoms with Gasteiger partial charge in [0.1, 0.15) is 0 Å². The van der Waals surface area contributed by atoms with Crippen LogP contribution >= 0.6 is 0 Å². The molecule has 0 fully saturated rings. The first-order valence-corrected chi connectivity index (χ1v) is 8.50. The predicted molar refractivity (Wildman–Crippen MR) is 98.6 cm³/mol. The van der Waals surface area contributed by atoms with E-state index in [0.29, 0.717) is 11.7 Å². The fourth-order valence-electron chi connectivity index (χ4n) is 2.34. The van der Waals surface area contributed by atoms with Crippen LogP contribution in [0.2, 0.25) is 0 Å². The first-order chi connectivity index (χ1) is 11.6. The van der Waals surface area contributed by atoms with Gasteiger partial charge in [-0.3, -0.25) is 9.69 Å². The maximum Gasteiger partial charge on any atom is 0.243 e. The molecule has 2 rings (SSSR count). The van der Waals surface area contributed by atoms with Gasteiger partial charge in [-0.25, -0.2) is 0 Å². The van der Waals surface area contributed by atoms with E-state index in [0.717, 1.165) is 16.8 Å². The number of nitrogens with one attached hydrogen (secondary N) is 1. The van der Waals surface area contributed by atoms with Gasteiger partial charge in [-0.15, -0.1) is 0 Å². The van der Waals surface area contributed by atoms with Gasteiger partial charge < -0.3 is 9.84 Å². The summed E-state index contributed by atoms with van der Waals surface area (Å²) >= 11 is 0. The van der Waals surface area contributed by atoms with Crippen LogP contribution in [0.15, 0.2) is 22.7 Å². The molecule has 0 saturated carbocycles. The van der Waals surface area contributed by atoms with Crippen LogP contribution in [0.3, 0.4) is 0 Å². The van der Waals surface area contributed by atoms with E-state index in [1.54, 1.807) is 0 Å². The van der Waals surface area contributed by atoms with Crippen LogP contribution in [0.4, 0.5) is 5.69 Å². The van der Waals surface area contributed by atoms with E-state index in [2.05, 4.69) is 15.5 Å². The van der Waals surface area contributed by atoms with E-state index in [-0.39, 0.29) is 23.9 Å². The van der Waals surface area contributed by atoms with Gasteiger partial charge in [0.25, 0.3) is 0 Å². The van der Waals surface area contributed by atoms with Crippen molar-refractivity contribution in [1.29, 1.82) is 0 Å². The number of aromatic nitrogens is 2. The van der Waals surface area contributed by atoms with Crippen molar-refractivity contribution in [3.05, 3.63) is 41.0 Å². The molecule has 25 heavy (non-hydrogen) atoms. The Morgan fingerprint density at radius 3 is 2.60 bits per heavy atom. The number of hydrogen-bond acceptors (Lipinski definition) is 5. The smallest absolute Gasteiger partial charge is 0.243 e. The van der Waals surface area contributed by atoms with Gasteiger partial charge in [0.05, 0.1) is 12.6 Å². The fraction of sp³-hybridized carbons (Fsp3) is 0.526. The molecule has 0 aliphatic rings. The minimum absolute atomic E-state index is 0.0707. The summed E-state index contributed by atoms with van der Waals surface area (Å²) in [6, 6.07) is 5.74. The minimum Gasteiger partial charge on any atom is -0.338 e. The van der Waals surface area contributed by atoms with E-state index >= 15 is 0 Å². The van der Waals surface area contributed by atoms with Crippen LogP contribution < -0.4 is 5.32 Å². The van der Waals surface area contributed by atoms with E-state index in [1.165, 1.54) is 0 Å². The molecule has 1 atom stereocenters. The minimum atomic E-state index is -0.167. The molecule has 0 bridgehead atoms. The third kappa shape index (κ3) is 4.66. The summed E-state index contributed by atoms with van der Waals surface area (Å²) in [6.07, 6.45) is 0. The normalized spacial score (nSPS) is 13.1. The van der Waals surface area contributed by atoms with Crippen molar-refractivity contribution >= 4 is 11.6 Å². The van der Waals surface area contributed by atoms with Crippen molar-refractivity contribution in [3.63, 3.8) is 0 Å². The molecule has 1 heterocycles. The monoisotopic (exact) mass is 344 g/mol. The topological polar surface area (TPSA) is 71.3 Å². The highest BCUT2D eigenvalue weighted by Gasteiger charge is 2.25. The molecule has 0 saturated heterocycles. The lowest BCUT2D eigenvalue weighted by molar-refractivity contribution is -0.117. The van der Waals surface area contributed by atoms with Crippen LogP contribution in [0.25, 0.3) is 0 Å². The van der Waals surface area contributed by atoms with Gasteiger partial charge >= 0.3 is 0 Å². The molecule has 2 aromatic rings. The number of amides is 1. The number of nitrogens with zero attached hydrogens (tertiary/aromatic N) is 3. The quantitative estimate of drug-likeness (QED) is 0.897. The lowest BCUT2D eigenvalue weighted by Crippen LogP contribution is -2.32. The Morgan fingerprint density at radius 2 is 2.00 bits per heavy atom. The van der Waals surface area contributed by atoms with Crippen molar-refractivity contribution in [2.45, 2.75) is 53.0 Å². The third-order valence-corrected chi connectivity index (χ3v) is 4.40. The zero-order valence-electron chi connectivity index (χ0n) is 16.2. The van der Waals surface area contributed by atoms with Crippen molar-refractivity contribution in [3.8, 4) is 0 Å². The molecule has 0 unspecified atom stereocenters. The molecule has 1 amide bonds. The Hall–Kier alpha value is -2.21. The zero-order chi connectivity index (χ0) is 18.8. The molecule has 0 aliphatic heterocycles. The average Bonchev–Trinajstić information content (AvgIpc) is 3.01. The number of hydrogen-bond donors (Lipinski definition) is 1. The number of anilines is 1. The maximum absolute atomic E-state index is 12.4. The fourth-order valence-corrected chi connectivity index (χ4v) is 2.34. The van der Waals surface area contributed by atoms with Gasteiger partial charge in [0.15, 0.2) is 5.82 Å². The van der Waals surface area contributed by atoms with E-state index in [1.807, 2.05) is 71.7 Å². The Morgan fingerprint density at radius 1 is 1.32 bits per heavy atom. The average molecular weight is 344 g/mol. The summed E-state index contributed by atoms with van der Waals surface area (Å²) < 4.78 is 5.37. The SMILES string of the molecule is Cc1cccc(NC(=O)CN(C)[C@@H](C)c2nc(C(C)(C)C)no2)c1C. The highest BCUT2D eigenvalue weighted by molar-refractivity contribution is 5.93. The zero-order valence-corrected chi connectivity index (χ0v) is 16.2. The van der Waals surface area contributed by atoms with E-state index < -0.39 is 0 Å². The number of aryl methyl sites for hydroxylation is 1. The van der Waals surface area contributed by atoms with Crippen molar-refractivity contribution in [2.75, 3.05) is 18.9 Å². The molecular formula is C19H28N4O2. The second-order valence-corrected chi connectivity index (χ2v) is 7.59. The van der Waals surface area contributed by atoms with Crippen LogP contribution in [-0.4, -0.2) is 34.5 Å². The Labute approximate surface area is 149 Å². The summed E-state index contributed by atoms with van der Waals surface area (Å²) in [5.74, 6) is 1.12. The second-order valence-electron chi connectivity index (χ2n) is 7.59. The number of likely N-dealkylation sites (N-methyl/N-ethyl adjacent to an activating group) is 1. The van der Waals surface area contributed by atoms with Crippen LogP contribution in [-0.2, 0) is 10.2 Å². The van der Waals surface area contributed by atoms with Gasteiger partial charge in [-0.2, -0.15) is 4.98 Å². The number of rotatable bonds is 5. The Kier molecular flexibility index (Phi) is 5.62. The summed E-state index contributed by atoms with van der Waals surface area (Å²) in [5.41, 5.74) is 2.91. The van der Waals surface area contributed by atoms with Crippen LogP contribution in [0.5, 0.6) is 0 Å². The van der Waals surface area contributed by atoms with Crippen molar-refractivity contribution in [2.24, 2.45) is 0 Å². The van der Waals surface area contributed by atoms with Gasteiger partial charge in [0, 0.05) is 11.1 Å². The van der Waals surface area contributed by atoms with E-state index in [9.17, 15) is 4.79 Å².